The number of benzene rings is 2. The van der Waals surface area contributed by atoms with Gasteiger partial charge in [-0.1, -0.05) is 18.2 Å². The normalized spacial score (nSPS) is 13.1. The van der Waals surface area contributed by atoms with Crippen molar-refractivity contribution in [1.29, 1.82) is 0 Å². The zero-order valence-corrected chi connectivity index (χ0v) is 18.6. The van der Waals surface area contributed by atoms with E-state index in [0.717, 1.165) is 11.8 Å². The second-order valence-corrected chi connectivity index (χ2v) is 7.77. The van der Waals surface area contributed by atoms with Crippen LogP contribution in [0.2, 0.25) is 0 Å². The molecule has 1 N–H and O–H groups in total. The number of nitro groups is 1. The highest BCUT2D eigenvalue weighted by atomic mass is 16.6. The number of hydrogen-bond acceptors (Lipinski definition) is 6. The first-order chi connectivity index (χ1) is 16.3. The van der Waals surface area contributed by atoms with Gasteiger partial charge >= 0.3 is 0 Å². The molecule has 2 heterocycles. The zero-order chi connectivity index (χ0) is 24.4. The number of aromatic nitrogens is 2. The minimum Gasteiger partial charge on any atom is -0.326 e. The van der Waals surface area contributed by atoms with E-state index >= 15 is 0 Å². The average Bonchev–Trinajstić information content (AvgIpc) is 3.45. The molecule has 3 aromatic rings. The predicted molar refractivity (Wildman–Crippen MR) is 122 cm³/mol. The molecular weight excluding hydrogens is 440 g/mol. The van der Waals surface area contributed by atoms with Gasteiger partial charge in [0.15, 0.2) is 0 Å². The standard InChI is InChI=1S/C23H22N6O5/c1-15-20(14-24-28(15)18-7-4-3-5-8-18)23(32)27-12-6-11-26(27)22(31)19-13-17(25-16(2)30)9-10-21(19)29(33)34/h3-5,7-10,13-14H,6,11-12H2,1-2H3,(H,25,30). The number of carbonyl (C=O) groups excluding carboxylic acids is 3. The van der Waals surface area contributed by atoms with Crippen LogP contribution in [0.3, 0.4) is 0 Å². The van der Waals surface area contributed by atoms with Gasteiger partial charge in [-0.2, -0.15) is 5.10 Å². The monoisotopic (exact) mass is 462 g/mol. The number of para-hydroxylation sites is 1. The summed E-state index contributed by atoms with van der Waals surface area (Å²) in [4.78, 5) is 49.0. The highest BCUT2D eigenvalue weighted by Gasteiger charge is 2.36. The van der Waals surface area contributed by atoms with Crippen LogP contribution in [-0.4, -0.2) is 55.5 Å². The molecule has 0 bridgehead atoms. The van der Waals surface area contributed by atoms with Crippen LogP contribution in [0.15, 0.2) is 54.7 Å². The summed E-state index contributed by atoms with van der Waals surface area (Å²) in [6, 6.07) is 13.1. The maximum Gasteiger partial charge on any atom is 0.282 e. The Morgan fingerprint density at radius 1 is 1.00 bits per heavy atom. The second-order valence-electron chi connectivity index (χ2n) is 7.77. The maximum atomic E-state index is 13.4. The lowest BCUT2D eigenvalue weighted by Gasteiger charge is -2.28. The minimum atomic E-state index is -0.696. The van der Waals surface area contributed by atoms with Crippen LogP contribution in [0.5, 0.6) is 0 Å². The van der Waals surface area contributed by atoms with E-state index in [4.69, 9.17) is 0 Å². The molecule has 0 saturated carbocycles. The van der Waals surface area contributed by atoms with Crippen molar-refractivity contribution in [2.24, 2.45) is 0 Å². The van der Waals surface area contributed by atoms with Gasteiger partial charge in [0.05, 0.1) is 28.1 Å². The van der Waals surface area contributed by atoms with E-state index in [1.807, 2.05) is 30.3 Å². The third-order valence-corrected chi connectivity index (χ3v) is 5.49. The Bertz CT molecular complexity index is 1290. The number of anilines is 1. The number of nitrogens with zero attached hydrogens (tertiary/aromatic N) is 5. The fraction of sp³-hybridized carbons (Fsp3) is 0.217. The Morgan fingerprint density at radius 2 is 1.65 bits per heavy atom. The van der Waals surface area contributed by atoms with Crippen LogP contribution in [0, 0.1) is 17.0 Å². The lowest BCUT2D eigenvalue weighted by atomic mass is 10.1. The van der Waals surface area contributed by atoms with Gasteiger partial charge in [0.1, 0.15) is 5.56 Å². The van der Waals surface area contributed by atoms with E-state index in [2.05, 4.69) is 10.4 Å². The third-order valence-electron chi connectivity index (χ3n) is 5.49. The van der Waals surface area contributed by atoms with E-state index in [1.165, 1.54) is 35.3 Å². The number of rotatable bonds is 5. The molecule has 174 valence electrons. The molecule has 4 rings (SSSR count). The number of hydrazine groups is 1. The first-order valence-corrected chi connectivity index (χ1v) is 10.6. The number of hydrogen-bond donors (Lipinski definition) is 1. The van der Waals surface area contributed by atoms with Crippen LogP contribution in [0.1, 0.15) is 39.8 Å². The van der Waals surface area contributed by atoms with Gasteiger partial charge in [-0.3, -0.25) is 24.5 Å². The minimum absolute atomic E-state index is 0.215. The van der Waals surface area contributed by atoms with Crippen molar-refractivity contribution in [2.75, 3.05) is 18.4 Å². The summed E-state index contributed by atoms with van der Waals surface area (Å²) in [5.41, 5.74) is 1.34. The summed E-state index contributed by atoms with van der Waals surface area (Å²) < 4.78 is 1.64. The molecule has 1 aliphatic rings. The smallest absolute Gasteiger partial charge is 0.282 e. The van der Waals surface area contributed by atoms with Crippen molar-refractivity contribution >= 4 is 29.1 Å². The molecule has 0 spiro atoms. The van der Waals surface area contributed by atoms with E-state index < -0.39 is 22.4 Å². The topological polar surface area (TPSA) is 131 Å². The first-order valence-electron chi connectivity index (χ1n) is 10.6. The molecule has 0 unspecified atom stereocenters. The van der Waals surface area contributed by atoms with Gasteiger partial charge in [0.2, 0.25) is 5.91 Å². The quantitative estimate of drug-likeness (QED) is 0.458. The molecule has 34 heavy (non-hydrogen) atoms. The van der Waals surface area contributed by atoms with Crippen molar-refractivity contribution in [3.63, 3.8) is 0 Å². The Morgan fingerprint density at radius 3 is 2.26 bits per heavy atom. The fourth-order valence-corrected chi connectivity index (χ4v) is 3.91. The SMILES string of the molecule is CC(=O)Nc1ccc([N+](=O)[O-])c(C(=O)N2CCCN2C(=O)c2cnn(-c3ccccc3)c2C)c1. The Labute approximate surface area is 194 Å². The highest BCUT2D eigenvalue weighted by Crippen LogP contribution is 2.27. The third kappa shape index (κ3) is 4.22. The van der Waals surface area contributed by atoms with Crippen molar-refractivity contribution in [3.05, 3.63) is 81.7 Å². The van der Waals surface area contributed by atoms with Gasteiger partial charge in [-0.15, -0.1) is 0 Å². The number of nitro benzene ring substituents is 1. The molecule has 1 fully saturated rings. The molecule has 11 heteroatoms. The highest BCUT2D eigenvalue weighted by molar-refractivity contribution is 6.03. The first kappa shape index (κ1) is 22.6. The van der Waals surface area contributed by atoms with Crippen LogP contribution in [0.4, 0.5) is 11.4 Å². The average molecular weight is 462 g/mol. The molecule has 1 saturated heterocycles. The van der Waals surface area contributed by atoms with Gasteiger partial charge in [-0.05, 0) is 37.6 Å². The fourth-order valence-electron chi connectivity index (χ4n) is 3.91. The summed E-state index contributed by atoms with van der Waals surface area (Å²) in [6.45, 7) is 3.55. The molecule has 0 radical (unpaired) electrons. The lowest BCUT2D eigenvalue weighted by molar-refractivity contribution is -0.385. The van der Waals surface area contributed by atoms with Gasteiger partial charge in [0, 0.05) is 31.8 Å². The summed E-state index contributed by atoms with van der Waals surface area (Å²) in [7, 11) is 0. The molecule has 1 aliphatic heterocycles. The van der Waals surface area contributed by atoms with Crippen molar-refractivity contribution in [1.82, 2.24) is 19.8 Å². The molecular formula is C23H22N6O5. The predicted octanol–water partition coefficient (Wildman–Crippen LogP) is 2.95. The summed E-state index contributed by atoms with van der Waals surface area (Å²) in [5, 5.41) is 20.9. The molecule has 11 nitrogen and oxygen atoms in total. The number of nitrogens with one attached hydrogen (secondary N) is 1. The van der Waals surface area contributed by atoms with Gasteiger partial charge in [-0.25, -0.2) is 14.7 Å². The Kier molecular flexibility index (Phi) is 6.09. The van der Waals surface area contributed by atoms with Crippen LogP contribution in [0.25, 0.3) is 5.69 Å². The molecule has 3 amide bonds. The largest absolute Gasteiger partial charge is 0.326 e. The molecule has 0 atom stereocenters. The second kappa shape index (κ2) is 9.14. The van der Waals surface area contributed by atoms with E-state index in [9.17, 15) is 24.5 Å². The van der Waals surface area contributed by atoms with E-state index in [0.29, 0.717) is 17.7 Å². The lowest BCUT2D eigenvalue weighted by Crippen LogP contribution is -2.45. The van der Waals surface area contributed by atoms with Crippen LogP contribution in [-0.2, 0) is 4.79 Å². The van der Waals surface area contributed by atoms with E-state index in [-0.39, 0.29) is 30.2 Å². The zero-order valence-electron chi connectivity index (χ0n) is 18.6. The number of carbonyl (C=O) groups is 3. The van der Waals surface area contributed by atoms with Crippen LogP contribution >= 0.6 is 0 Å². The molecule has 0 aliphatic carbocycles. The van der Waals surface area contributed by atoms with Crippen molar-refractivity contribution in [2.45, 2.75) is 20.3 Å². The Balaban J connectivity index is 1.65. The maximum absolute atomic E-state index is 13.4. The van der Waals surface area contributed by atoms with Gasteiger partial charge in [0.25, 0.3) is 17.5 Å². The Hall–Kier alpha value is -4.54. The van der Waals surface area contributed by atoms with Gasteiger partial charge < -0.3 is 5.32 Å². The molecule has 2 aromatic carbocycles. The molecule has 1 aromatic heterocycles. The summed E-state index contributed by atoms with van der Waals surface area (Å²) >= 11 is 0. The summed E-state index contributed by atoms with van der Waals surface area (Å²) in [5.74, 6) is -1.50. The van der Waals surface area contributed by atoms with Crippen molar-refractivity contribution in [3.8, 4) is 5.69 Å². The van der Waals surface area contributed by atoms with Crippen LogP contribution < -0.4 is 5.32 Å². The number of amides is 3. The van der Waals surface area contributed by atoms with E-state index in [1.54, 1.807) is 11.6 Å². The summed E-state index contributed by atoms with van der Waals surface area (Å²) in [6.07, 6.45) is 1.97. The van der Waals surface area contributed by atoms with Crippen molar-refractivity contribution < 1.29 is 19.3 Å².